The summed E-state index contributed by atoms with van der Waals surface area (Å²) in [5.41, 5.74) is 10.6. The van der Waals surface area contributed by atoms with E-state index in [4.69, 9.17) is 5.73 Å². The van der Waals surface area contributed by atoms with Crippen LogP contribution in [0.3, 0.4) is 0 Å². The smallest absolute Gasteiger partial charge is 0.156 e. The molecule has 2 aliphatic rings. The van der Waals surface area contributed by atoms with Crippen molar-refractivity contribution in [2.45, 2.75) is 43.9 Å². The van der Waals surface area contributed by atoms with E-state index in [9.17, 15) is 9.50 Å². The van der Waals surface area contributed by atoms with Crippen LogP contribution in [0.5, 0.6) is 0 Å². The van der Waals surface area contributed by atoms with Crippen LogP contribution in [-0.2, 0) is 12.1 Å². The van der Waals surface area contributed by atoms with Crippen LogP contribution in [0.4, 0.5) is 10.2 Å². The van der Waals surface area contributed by atoms with Crippen LogP contribution in [0.1, 0.15) is 43.1 Å². The number of benzene rings is 1. The van der Waals surface area contributed by atoms with Gasteiger partial charge in [-0.3, -0.25) is 4.68 Å². The number of anilines is 1. The minimum atomic E-state index is -0.838. The predicted octanol–water partition coefficient (Wildman–Crippen LogP) is 3.56. The third-order valence-electron chi connectivity index (χ3n) is 8.13. The van der Waals surface area contributed by atoms with E-state index in [1.54, 1.807) is 35.5 Å². The van der Waals surface area contributed by atoms with E-state index in [0.717, 1.165) is 65.0 Å². The van der Waals surface area contributed by atoms with E-state index < -0.39 is 11.1 Å². The molecule has 5 aromatic rings. The molecule has 0 amide bonds. The molecule has 0 bridgehead atoms. The van der Waals surface area contributed by atoms with Crippen LogP contribution in [0.15, 0.2) is 73.7 Å². The highest BCUT2D eigenvalue weighted by molar-refractivity contribution is 5.78. The highest BCUT2D eigenvalue weighted by Gasteiger charge is 2.40. The Morgan fingerprint density at radius 2 is 1.78 bits per heavy atom. The molecule has 0 unspecified atom stereocenters. The van der Waals surface area contributed by atoms with Crippen molar-refractivity contribution >= 4 is 16.9 Å². The highest BCUT2D eigenvalue weighted by atomic mass is 19.1. The van der Waals surface area contributed by atoms with E-state index in [0.29, 0.717) is 18.9 Å². The molecule has 3 N–H and O–H groups in total. The normalized spacial score (nSPS) is 17.9. The number of halogens is 1. The molecule has 5 heterocycles. The van der Waals surface area contributed by atoms with Gasteiger partial charge in [-0.05, 0) is 55.5 Å². The summed E-state index contributed by atoms with van der Waals surface area (Å²) < 4.78 is 17.0. The van der Waals surface area contributed by atoms with Crippen molar-refractivity contribution in [2.24, 2.45) is 5.73 Å². The number of rotatable bonds is 7. The number of aliphatic hydroxyl groups is 1. The fourth-order valence-electron chi connectivity index (χ4n) is 5.31. The topological polar surface area (TPSA) is 123 Å². The van der Waals surface area contributed by atoms with Gasteiger partial charge in [-0.15, -0.1) is 0 Å². The standard InChI is InChI=1S/C30H30FN9O/c1-29(32,23-2-4-25(31)5-3-23)24-14-33-27(34-15-24)20-6-10-38(11-7-20)28-26-12-21(17-40(26)37-19-35-28)22-13-36-39(16-22)18-30(41)8-9-30/h2-6,12-17,19,41H,7-11,18,32H2,1H3/t29-/m0/s1. The Labute approximate surface area is 236 Å². The second kappa shape index (κ2) is 9.57. The summed E-state index contributed by atoms with van der Waals surface area (Å²) in [6.07, 6.45) is 15.4. The van der Waals surface area contributed by atoms with Gasteiger partial charge in [-0.25, -0.2) is 23.9 Å². The lowest BCUT2D eigenvalue weighted by molar-refractivity contribution is 0.125. The monoisotopic (exact) mass is 551 g/mol. The lowest BCUT2D eigenvalue weighted by Crippen LogP contribution is -2.34. The number of nitrogens with two attached hydrogens (primary N) is 1. The molecule has 7 rings (SSSR count). The third-order valence-corrected chi connectivity index (χ3v) is 8.13. The number of aromatic nitrogens is 7. The molecule has 1 aliphatic heterocycles. The minimum Gasteiger partial charge on any atom is -0.388 e. The first-order valence-corrected chi connectivity index (χ1v) is 13.7. The number of fused-ring (bicyclic) bond motifs is 1. The van der Waals surface area contributed by atoms with Crippen molar-refractivity contribution in [2.75, 3.05) is 18.0 Å². The maximum absolute atomic E-state index is 13.4. The van der Waals surface area contributed by atoms with Crippen molar-refractivity contribution in [3.8, 4) is 11.1 Å². The van der Waals surface area contributed by atoms with Crippen molar-refractivity contribution in [3.63, 3.8) is 0 Å². The van der Waals surface area contributed by atoms with Gasteiger partial charge in [-0.2, -0.15) is 10.2 Å². The number of nitrogens with zero attached hydrogens (tertiary/aromatic N) is 8. The van der Waals surface area contributed by atoms with E-state index in [-0.39, 0.29) is 5.82 Å². The Morgan fingerprint density at radius 1 is 1.00 bits per heavy atom. The predicted molar refractivity (Wildman–Crippen MR) is 152 cm³/mol. The van der Waals surface area contributed by atoms with E-state index in [2.05, 4.69) is 42.2 Å². The Kier molecular flexibility index (Phi) is 5.95. The molecule has 0 spiro atoms. The molecular formula is C30H30FN9O. The molecule has 41 heavy (non-hydrogen) atoms. The van der Waals surface area contributed by atoms with E-state index >= 15 is 0 Å². The number of hydrogen-bond donors (Lipinski definition) is 2. The highest BCUT2D eigenvalue weighted by Crippen LogP contribution is 2.37. The molecule has 208 valence electrons. The average molecular weight is 552 g/mol. The number of hydrogen-bond acceptors (Lipinski definition) is 8. The zero-order valence-electron chi connectivity index (χ0n) is 22.7. The Balaban J connectivity index is 1.08. The first kappa shape index (κ1) is 25.5. The summed E-state index contributed by atoms with van der Waals surface area (Å²) in [4.78, 5) is 16.1. The molecule has 0 radical (unpaired) electrons. The summed E-state index contributed by atoms with van der Waals surface area (Å²) in [5.74, 6) is 1.23. The zero-order valence-corrected chi connectivity index (χ0v) is 22.7. The molecule has 1 atom stereocenters. The summed E-state index contributed by atoms with van der Waals surface area (Å²) in [6, 6.07) is 8.27. The third kappa shape index (κ3) is 4.87. The van der Waals surface area contributed by atoms with Gasteiger partial charge in [0.1, 0.15) is 17.7 Å². The van der Waals surface area contributed by atoms with Crippen molar-refractivity contribution in [3.05, 3.63) is 96.5 Å². The van der Waals surface area contributed by atoms with Gasteiger partial charge >= 0.3 is 0 Å². The van der Waals surface area contributed by atoms with Crippen LogP contribution in [0.25, 0.3) is 22.2 Å². The lowest BCUT2D eigenvalue weighted by Gasteiger charge is -2.28. The van der Waals surface area contributed by atoms with Crippen LogP contribution in [0, 0.1) is 5.82 Å². The average Bonchev–Trinajstić information content (AvgIpc) is 3.34. The molecule has 4 aromatic heterocycles. The second-order valence-electron chi connectivity index (χ2n) is 11.2. The minimum absolute atomic E-state index is 0.299. The molecule has 10 nitrogen and oxygen atoms in total. The molecular weight excluding hydrogens is 521 g/mol. The van der Waals surface area contributed by atoms with E-state index in [1.807, 2.05) is 30.0 Å². The Morgan fingerprint density at radius 3 is 2.49 bits per heavy atom. The molecule has 1 saturated carbocycles. The van der Waals surface area contributed by atoms with E-state index in [1.165, 1.54) is 12.1 Å². The lowest BCUT2D eigenvalue weighted by atomic mass is 9.87. The summed E-state index contributed by atoms with van der Waals surface area (Å²) in [7, 11) is 0. The summed E-state index contributed by atoms with van der Waals surface area (Å²) >= 11 is 0. The fraction of sp³-hybridized carbons (Fsp3) is 0.300. The first-order chi connectivity index (χ1) is 19.8. The van der Waals surface area contributed by atoms with Gasteiger partial charge < -0.3 is 15.7 Å². The molecule has 1 aliphatic carbocycles. The largest absolute Gasteiger partial charge is 0.388 e. The Bertz CT molecular complexity index is 1750. The molecule has 11 heteroatoms. The molecule has 1 fully saturated rings. The van der Waals surface area contributed by atoms with Crippen LogP contribution < -0.4 is 10.6 Å². The summed E-state index contributed by atoms with van der Waals surface area (Å²) in [6.45, 7) is 3.80. The second-order valence-corrected chi connectivity index (χ2v) is 11.2. The zero-order chi connectivity index (χ0) is 28.2. The summed E-state index contributed by atoms with van der Waals surface area (Å²) in [5, 5.41) is 19.1. The van der Waals surface area contributed by atoms with Gasteiger partial charge in [0.15, 0.2) is 11.6 Å². The van der Waals surface area contributed by atoms with Gasteiger partial charge in [0, 0.05) is 54.6 Å². The van der Waals surface area contributed by atoms with Gasteiger partial charge in [-0.1, -0.05) is 18.2 Å². The van der Waals surface area contributed by atoms with Crippen molar-refractivity contribution in [1.29, 1.82) is 0 Å². The fourth-order valence-corrected chi connectivity index (χ4v) is 5.31. The van der Waals surface area contributed by atoms with Gasteiger partial charge in [0.25, 0.3) is 0 Å². The Hall–Kier alpha value is -4.48. The molecule has 0 saturated heterocycles. The van der Waals surface area contributed by atoms with Gasteiger partial charge in [0.05, 0.1) is 23.9 Å². The first-order valence-electron chi connectivity index (χ1n) is 13.7. The van der Waals surface area contributed by atoms with Crippen molar-refractivity contribution < 1.29 is 9.50 Å². The SMILES string of the molecule is C[C@](N)(c1ccc(F)cc1)c1cnc(C2=CCN(c3ncnn4cc(-c5cnn(CC6(O)CC6)c5)cc34)CC2)nc1. The van der Waals surface area contributed by atoms with Crippen LogP contribution in [0.2, 0.25) is 0 Å². The maximum atomic E-state index is 13.4. The molecule has 1 aromatic carbocycles. The van der Waals surface area contributed by atoms with Crippen LogP contribution in [-0.4, -0.2) is 58.1 Å². The van der Waals surface area contributed by atoms with Gasteiger partial charge in [0.2, 0.25) is 0 Å². The quantitative estimate of drug-likeness (QED) is 0.315. The van der Waals surface area contributed by atoms with Crippen LogP contribution >= 0.6 is 0 Å². The maximum Gasteiger partial charge on any atom is 0.156 e. The van der Waals surface area contributed by atoms with Crippen molar-refractivity contribution in [1.82, 2.24) is 34.3 Å².